The Labute approximate surface area is 234 Å². The Morgan fingerprint density at radius 1 is 0.846 bits per heavy atom. The smallest absolute Gasteiger partial charge is 0.338 e. The molecule has 1 unspecified atom stereocenters. The van der Waals surface area contributed by atoms with Gasteiger partial charge in [0.25, 0.3) is 0 Å². The molecule has 0 aliphatic heterocycles. The maximum absolute atomic E-state index is 13.2. The lowest BCUT2D eigenvalue weighted by molar-refractivity contribution is 0.0526. The van der Waals surface area contributed by atoms with Crippen LogP contribution < -0.4 is 0 Å². The monoisotopic (exact) mass is 563 g/mol. The Morgan fingerprint density at radius 3 is 2.03 bits per heavy atom. The number of esters is 1. The second kappa shape index (κ2) is 13.0. The second-order valence-electron chi connectivity index (χ2n) is 9.12. The lowest BCUT2D eigenvalue weighted by atomic mass is 10.1. The molecule has 39 heavy (non-hydrogen) atoms. The van der Waals surface area contributed by atoms with E-state index in [1.807, 2.05) is 42.5 Å². The van der Waals surface area contributed by atoms with Gasteiger partial charge in [-0.05, 0) is 72.1 Å². The third-order valence-electron chi connectivity index (χ3n) is 6.23. The number of carbonyl (C=O) groups is 1. The summed E-state index contributed by atoms with van der Waals surface area (Å²) in [5.74, 6) is -0.494. The van der Waals surface area contributed by atoms with Gasteiger partial charge in [0.1, 0.15) is 0 Å². The summed E-state index contributed by atoms with van der Waals surface area (Å²) in [6.07, 6.45) is -0.746. The van der Waals surface area contributed by atoms with Gasteiger partial charge in [-0.2, -0.15) is 0 Å². The number of nitrogens with zero attached hydrogens (tertiary/aromatic N) is 1. The number of hydrogen-bond donors (Lipinski definition) is 1. The van der Waals surface area contributed by atoms with Gasteiger partial charge in [0.2, 0.25) is 9.84 Å². The first-order chi connectivity index (χ1) is 18.8. The molecule has 0 aromatic heterocycles. The van der Waals surface area contributed by atoms with Crippen LogP contribution in [0.5, 0.6) is 0 Å². The van der Waals surface area contributed by atoms with Crippen LogP contribution in [-0.4, -0.2) is 37.5 Å². The molecule has 0 aliphatic carbocycles. The van der Waals surface area contributed by atoms with Crippen LogP contribution in [0.25, 0.3) is 0 Å². The molecule has 0 fully saturated rings. The van der Waals surface area contributed by atoms with Crippen LogP contribution in [0.1, 0.15) is 40.1 Å². The number of aliphatic hydroxyl groups is 1. The zero-order valence-corrected chi connectivity index (χ0v) is 23.1. The van der Waals surface area contributed by atoms with Gasteiger partial charge in [0.15, 0.2) is 0 Å². The number of halogens is 1. The quantitative estimate of drug-likeness (QED) is 0.222. The summed E-state index contributed by atoms with van der Waals surface area (Å²) in [6.45, 7) is 3.42. The largest absolute Gasteiger partial charge is 0.462 e. The Morgan fingerprint density at radius 2 is 1.44 bits per heavy atom. The molecule has 0 bridgehead atoms. The normalized spacial score (nSPS) is 12.3. The highest BCUT2D eigenvalue weighted by atomic mass is 35.5. The molecular weight excluding hydrogens is 534 g/mol. The first-order valence-electron chi connectivity index (χ1n) is 12.6. The molecule has 0 heterocycles. The minimum atomic E-state index is -3.76. The highest BCUT2D eigenvalue weighted by Crippen LogP contribution is 2.24. The van der Waals surface area contributed by atoms with Crippen LogP contribution in [0.3, 0.4) is 0 Å². The standard InChI is InChI=1S/C31H30ClNO5S/c1-2-38-31(35)25-13-17-29(18-14-25)39(36,37)28-15-11-24(12-16-28)21-33(20-23-7-4-3-5-8-23)22-30(34)26-9-6-10-27(32)19-26/h3-19,30,34H,2,20-22H2,1H3. The average Bonchev–Trinajstić information content (AvgIpc) is 2.94. The molecule has 4 rings (SSSR count). The highest BCUT2D eigenvalue weighted by Gasteiger charge is 2.20. The van der Waals surface area contributed by atoms with Gasteiger partial charge in [-0.15, -0.1) is 0 Å². The first-order valence-corrected chi connectivity index (χ1v) is 14.4. The minimum Gasteiger partial charge on any atom is -0.462 e. The average molecular weight is 564 g/mol. The van der Waals surface area contributed by atoms with Crippen molar-refractivity contribution in [2.24, 2.45) is 0 Å². The summed E-state index contributed by atoms with van der Waals surface area (Å²) in [5.41, 5.74) is 3.03. The Kier molecular flexibility index (Phi) is 9.54. The van der Waals surface area contributed by atoms with Gasteiger partial charge in [-0.1, -0.05) is 66.2 Å². The molecule has 4 aromatic rings. The van der Waals surface area contributed by atoms with E-state index in [9.17, 15) is 18.3 Å². The number of aliphatic hydroxyl groups excluding tert-OH is 1. The fraction of sp³-hybridized carbons (Fsp3) is 0.194. The predicted molar refractivity (Wildman–Crippen MR) is 151 cm³/mol. The molecule has 0 radical (unpaired) electrons. The summed E-state index contributed by atoms with van der Waals surface area (Å²) < 4.78 is 31.3. The fourth-order valence-electron chi connectivity index (χ4n) is 4.24. The number of benzene rings is 4. The second-order valence-corrected chi connectivity index (χ2v) is 11.5. The Hall–Kier alpha value is -3.49. The van der Waals surface area contributed by atoms with Crippen LogP contribution in [-0.2, 0) is 27.7 Å². The van der Waals surface area contributed by atoms with E-state index in [4.69, 9.17) is 16.3 Å². The van der Waals surface area contributed by atoms with Crippen molar-refractivity contribution >= 4 is 27.4 Å². The van der Waals surface area contributed by atoms with Gasteiger partial charge in [0.05, 0.1) is 28.1 Å². The maximum Gasteiger partial charge on any atom is 0.338 e. The molecule has 0 amide bonds. The molecule has 1 N–H and O–H groups in total. The van der Waals surface area contributed by atoms with Crippen LogP contribution in [0.2, 0.25) is 5.02 Å². The lowest BCUT2D eigenvalue weighted by Crippen LogP contribution is -2.28. The summed E-state index contributed by atoms with van der Waals surface area (Å²) in [7, 11) is -3.76. The number of sulfone groups is 1. The molecule has 6 nitrogen and oxygen atoms in total. The van der Waals surface area contributed by atoms with Crippen molar-refractivity contribution < 1.29 is 23.1 Å². The van der Waals surface area contributed by atoms with Crippen LogP contribution in [0, 0.1) is 0 Å². The van der Waals surface area contributed by atoms with Crippen molar-refractivity contribution in [1.82, 2.24) is 4.90 Å². The van der Waals surface area contributed by atoms with Gasteiger partial charge < -0.3 is 9.84 Å². The summed E-state index contributed by atoms with van der Waals surface area (Å²) >= 11 is 6.12. The van der Waals surface area contributed by atoms with E-state index in [1.54, 1.807) is 43.3 Å². The van der Waals surface area contributed by atoms with Crippen molar-refractivity contribution in [2.75, 3.05) is 13.2 Å². The summed E-state index contributed by atoms with van der Waals surface area (Å²) in [4.78, 5) is 14.2. The van der Waals surface area contributed by atoms with Crippen molar-refractivity contribution in [3.05, 3.63) is 130 Å². The lowest BCUT2D eigenvalue weighted by Gasteiger charge is -2.26. The van der Waals surface area contributed by atoms with Gasteiger partial charge in [-0.3, -0.25) is 4.90 Å². The van der Waals surface area contributed by atoms with E-state index in [0.717, 1.165) is 16.7 Å². The molecule has 0 saturated carbocycles. The number of carbonyl (C=O) groups excluding carboxylic acids is 1. The van der Waals surface area contributed by atoms with E-state index in [-0.39, 0.29) is 16.4 Å². The maximum atomic E-state index is 13.2. The van der Waals surface area contributed by atoms with E-state index in [0.29, 0.717) is 30.2 Å². The Bertz CT molecular complexity index is 1490. The summed E-state index contributed by atoms with van der Waals surface area (Å²) in [6, 6.07) is 29.6. The van der Waals surface area contributed by atoms with E-state index < -0.39 is 21.9 Å². The fourth-order valence-corrected chi connectivity index (χ4v) is 5.70. The third-order valence-corrected chi connectivity index (χ3v) is 8.25. The van der Waals surface area contributed by atoms with Crippen LogP contribution in [0.4, 0.5) is 0 Å². The number of hydrogen-bond acceptors (Lipinski definition) is 6. The Balaban J connectivity index is 1.51. The number of ether oxygens (including phenoxy) is 1. The molecule has 202 valence electrons. The molecule has 1 atom stereocenters. The van der Waals surface area contributed by atoms with E-state index >= 15 is 0 Å². The molecular formula is C31H30ClNO5S. The zero-order valence-electron chi connectivity index (χ0n) is 21.5. The SMILES string of the molecule is CCOC(=O)c1ccc(S(=O)(=O)c2ccc(CN(Cc3ccccc3)CC(O)c3cccc(Cl)c3)cc2)cc1. The molecule has 4 aromatic carbocycles. The molecule has 8 heteroatoms. The predicted octanol–water partition coefficient (Wildman–Crippen LogP) is 6.09. The van der Waals surface area contributed by atoms with Gasteiger partial charge >= 0.3 is 5.97 Å². The third kappa shape index (κ3) is 7.55. The number of rotatable bonds is 11. The summed E-state index contributed by atoms with van der Waals surface area (Å²) in [5, 5.41) is 11.5. The van der Waals surface area contributed by atoms with E-state index in [1.165, 1.54) is 24.3 Å². The van der Waals surface area contributed by atoms with E-state index in [2.05, 4.69) is 4.90 Å². The first kappa shape index (κ1) is 28.5. The van der Waals surface area contributed by atoms with Crippen molar-refractivity contribution in [3.8, 4) is 0 Å². The molecule has 0 aliphatic rings. The zero-order chi connectivity index (χ0) is 27.8. The topological polar surface area (TPSA) is 83.9 Å². The van der Waals surface area contributed by atoms with Crippen molar-refractivity contribution in [2.45, 2.75) is 35.9 Å². The highest BCUT2D eigenvalue weighted by molar-refractivity contribution is 7.91. The van der Waals surface area contributed by atoms with Crippen molar-refractivity contribution in [3.63, 3.8) is 0 Å². The van der Waals surface area contributed by atoms with Crippen LogP contribution >= 0.6 is 11.6 Å². The molecule has 0 saturated heterocycles. The van der Waals surface area contributed by atoms with Gasteiger partial charge in [0, 0.05) is 24.7 Å². The van der Waals surface area contributed by atoms with Gasteiger partial charge in [-0.25, -0.2) is 13.2 Å². The minimum absolute atomic E-state index is 0.0960. The van der Waals surface area contributed by atoms with Crippen molar-refractivity contribution in [1.29, 1.82) is 0 Å². The van der Waals surface area contributed by atoms with Crippen LogP contribution in [0.15, 0.2) is 113 Å². The molecule has 0 spiro atoms.